The molecule has 1 aromatic heterocycles. The highest BCUT2D eigenvalue weighted by molar-refractivity contribution is 7.71. The normalized spacial score (nSPS) is 10.9. The zero-order valence-electron chi connectivity index (χ0n) is 10.3. The predicted octanol–water partition coefficient (Wildman–Crippen LogP) is 3.62. The second-order valence-electron chi connectivity index (χ2n) is 3.91. The average Bonchev–Trinajstić information content (AvgIpc) is 2.71. The first kappa shape index (κ1) is 13.7. The Bertz CT molecular complexity index is 609. The van der Waals surface area contributed by atoms with E-state index in [-0.39, 0.29) is 5.75 Å². The second-order valence-corrected chi connectivity index (χ2v) is 4.30. The van der Waals surface area contributed by atoms with Gasteiger partial charge >= 0.3 is 6.61 Å². The van der Waals surface area contributed by atoms with E-state index in [1.165, 1.54) is 12.1 Å². The molecule has 1 aromatic carbocycles. The van der Waals surface area contributed by atoms with Crippen LogP contribution in [0, 0.1) is 4.77 Å². The van der Waals surface area contributed by atoms with Gasteiger partial charge in [-0.05, 0) is 30.8 Å². The summed E-state index contributed by atoms with van der Waals surface area (Å²) in [5.74, 6) is 0.719. The molecule has 0 bridgehead atoms. The Hall–Kier alpha value is -1.76. The molecule has 0 saturated carbocycles. The zero-order valence-corrected chi connectivity index (χ0v) is 11.1. The third-order valence-electron chi connectivity index (χ3n) is 2.52. The molecular formula is C12H13F2N3OS. The average molecular weight is 285 g/mol. The Labute approximate surface area is 114 Å². The van der Waals surface area contributed by atoms with Gasteiger partial charge in [-0.1, -0.05) is 19.1 Å². The largest absolute Gasteiger partial charge is 0.435 e. The van der Waals surface area contributed by atoms with Crippen molar-refractivity contribution in [2.24, 2.45) is 0 Å². The highest BCUT2D eigenvalue weighted by Gasteiger charge is 2.10. The number of aromatic amines is 1. The molecule has 19 heavy (non-hydrogen) atoms. The lowest BCUT2D eigenvalue weighted by molar-refractivity contribution is -0.0498. The topological polar surface area (TPSA) is 42.8 Å². The van der Waals surface area contributed by atoms with Crippen molar-refractivity contribution in [3.63, 3.8) is 0 Å². The van der Waals surface area contributed by atoms with Crippen molar-refractivity contribution in [1.29, 1.82) is 0 Å². The first-order chi connectivity index (χ1) is 9.11. The molecule has 0 fully saturated rings. The molecule has 0 unspecified atom stereocenters. The SMILES string of the molecule is CCCn1c(-c2cccc(OC(F)F)c2)n[nH]c1=S. The highest BCUT2D eigenvalue weighted by atomic mass is 32.1. The standard InChI is InChI=1S/C12H13F2N3OS/c1-2-6-17-10(15-16-12(17)19)8-4-3-5-9(7-8)18-11(13)14/h3-5,7,11H,2,6H2,1H3,(H,16,19). The summed E-state index contributed by atoms with van der Waals surface area (Å²) in [5, 5.41) is 6.84. The summed E-state index contributed by atoms with van der Waals surface area (Å²) in [6, 6.07) is 6.40. The number of nitrogens with one attached hydrogen (secondary N) is 1. The van der Waals surface area contributed by atoms with Gasteiger partial charge in [0, 0.05) is 12.1 Å². The third-order valence-corrected chi connectivity index (χ3v) is 2.83. The molecule has 4 nitrogen and oxygen atoms in total. The summed E-state index contributed by atoms with van der Waals surface area (Å²) in [6.45, 7) is -0.105. The van der Waals surface area contributed by atoms with Gasteiger partial charge in [-0.3, -0.25) is 5.10 Å². The van der Waals surface area contributed by atoms with E-state index in [4.69, 9.17) is 12.2 Å². The van der Waals surface area contributed by atoms with Crippen LogP contribution in [-0.4, -0.2) is 21.4 Å². The smallest absolute Gasteiger partial charge is 0.387 e. The number of ether oxygens (including phenoxy) is 1. The summed E-state index contributed by atoms with van der Waals surface area (Å²) >= 11 is 5.13. The number of alkyl halides is 2. The van der Waals surface area contributed by atoms with Crippen LogP contribution in [0.2, 0.25) is 0 Å². The Kier molecular flexibility index (Phi) is 4.26. The Morgan fingerprint density at radius 3 is 2.95 bits per heavy atom. The molecule has 2 rings (SSSR count). The van der Waals surface area contributed by atoms with Crippen molar-refractivity contribution in [3.8, 4) is 17.1 Å². The predicted molar refractivity (Wildman–Crippen MR) is 69.8 cm³/mol. The molecule has 0 aliphatic heterocycles. The van der Waals surface area contributed by atoms with Gasteiger partial charge in [-0.25, -0.2) is 0 Å². The van der Waals surface area contributed by atoms with Gasteiger partial charge in [0.2, 0.25) is 0 Å². The van der Waals surface area contributed by atoms with E-state index >= 15 is 0 Å². The van der Waals surface area contributed by atoms with E-state index in [0.29, 0.717) is 22.7 Å². The van der Waals surface area contributed by atoms with Crippen molar-refractivity contribution >= 4 is 12.2 Å². The molecule has 0 radical (unpaired) electrons. The molecule has 0 aliphatic carbocycles. The van der Waals surface area contributed by atoms with Crippen LogP contribution in [0.15, 0.2) is 24.3 Å². The van der Waals surface area contributed by atoms with Gasteiger partial charge in [-0.15, -0.1) is 0 Å². The summed E-state index contributed by atoms with van der Waals surface area (Å²) in [5.41, 5.74) is 0.680. The number of rotatable bonds is 5. The number of nitrogens with zero attached hydrogens (tertiary/aromatic N) is 2. The number of H-pyrrole nitrogens is 1. The molecular weight excluding hydrogens is 272 g/mol. The number of halogens is 2. The van der Waals surface area contributed by atoms with Crippen LogP contribution in [0.5, 0.6) is 5.75 Å². The maximum absolute atomic E-state index is 12.2. The van der Waals surface area contributed by atoms with Crippen molar-refractivity contribution in [1.82, 2.24) is 14.8 Å². The third kappa shape index (κ3) is 3.17. The van der Waals surface area contributed by atoms with Crippen molar-refractivity contribution in [2.45, 2.75) is 26.5 Å². The Morgan fingerprint density at radius 1 is 1.47 bits per heavy atom. The number of hydrogen-bond donors (Lipinski definition) is 1. The number of aromatic nitrogens is 3. The molecule has 7 heteroatoms. The van der Waals surface area contributed by atoms with Crippen LogP contribution < -0.4 is 4.74 Å². The monoisotopic (exact) mass is 285 g/mol. The second kappa shape index (κ2) is 5.92. The van der Waals surface area contributed by atoms with Gasteiger partial charge in [-0.2, -0.15) is 13.9 Å². The molecule has 102 valence electrons. The maximum atomic E-state index is 12.2. The molecule has 0 aliphatic rings. The van der Waals surface area contributed by atoms with E-state index in [1.807, 2.05) is 11.5 Å². The lowest BCUT2D eigenvalue weighted by atomic mass is 10.2. The van der Waals surface area contributed by atoms with Crippen LogP contribution in [0.3, 0.4) is 0 Å². The first-order valence-corrected chi connectivity index (χ1v) is 6.23. The van der Waals surface area contributed by atoms with E-state index in [0.717, 1.165) is 6.42 Å². The lowest BCUT2D eigenvalue weighted by Crippen LogP contribution is -2.03. The van der Waals surface area contributed by atoms with Crippen LogP contribution >= 0.6 is 12.2 Å². The van der Waals surface area contributed by atoms with Crippen molar-refractivity contribution in [3.05, 3.63) is 29.0 Å². The molecule has 1 N–H and O–H groups in total. The van der Waals surface area contributed by atoms with Gasteiger partial charge < -0.3 is 9.30 Å². The van der Waals surface area contributed by atoms with Crippen LogP contribution in [0.25, 0.3) is 11.4 Å². The first-order valence-electron chi connectivity index (χ1n) is 5.82. The quantitative estimate of drug-likeness (QED) is 0.853. The van der Waals surface area contributed by atoms with Crippen molar-refractivity contribution < 1.29 is 13.5 Å². The molecule has 0 saturated heterocycles. The van der Waals surface area contributed by atoms with Gasteiger partial charge in [0.1, 0.15) is 5.75 Å². The minimum atomic E-state index is -2.84. The van der Waals surface area contributed by atoms with E-state index in [1.54, 1.807) is 12.1 Å². The highest BCUT2D eigenvalue weighted by Crippen LogP contribution is 2.23. The van der Waals surface area contributed by atoms with Crippen molar-refractivity contribution in [2.75, 3.05) is 0 Å². The van der Waals surface area contributed by atoms with Gasteiger partial charge in [0.15, 0.2) is 10.6 Å². The van der Waals surface area contributed by atoms with Crippen LogP contribution in [0.1, 0.15) is 13.3 Å². The van der Waals surface area contributed by atoms with Crippen LogP contribution in [0.4, 0.5) is 8.78 Å². The molecule has 2 aromatic rings. The number of hydrogen-bond acceptors (Lipinski definition) is 3. The Morgan fingerprint density at radius 2 is 2.26 bits per heavy atom. The molecule has 1 heterocycles. The van der Waals surface area contributed by atoms with E-state index in [2.05, 4.69) is 14.9 Å². The van der Waals surface area contributed by atoms with Gasteiger partial charge in [0.25, 0.3) is 0 Å². The fourth-order valence-corrected chi connectivity index (χ4v) is 2.00. The fraction of sp³-hybridized carbons (Fsp3) is 0.333. The van der Waals surface area contributed by atoms with Gasteiger partial charge in [0.05, 0.1) is 0 Å². The molecule has 0 atom stereocenters. The lowest BCUT2D eigenvalue weighted by Gasteiger charge is -2.08. The van der Waals surface area contributed by atoms with E-state index in [9.17, 15) is 8.78 Å². The van der Waals surface area contributed by atoms with Crippen LogP contribution in [-0.2, 0) is 6.54 Å². The minimum absolute atomic E-state index is 0.101. The zero-order chi connectivity index (χ0) is 13.8. The number of benzene rings is 1. The fourth-order valence-electron chi connectivity index (χ4n) is 1.78. The molecule has 0 amide bonds. The summed E-state index contributed by atoms with van der Waals surface area (Å²) in [6.07, 6.45) is 0.897. The maximum Gasteiger partial charge on any atom is 0.387 e. The summed E-state index contributed by atoms with van der Waals surface area (Å²) < 4.78 is 31.1. The minimum Gasteiger partial charge on any atom is -0.435 e. The van der Waals surface area contributed by atoms with E-state index < -0.39 is 6.61 Å². The summed E-state index contributed by atoms with van der Waals surface area (Å²) in [7, 11) is 0. The Balaban J connectivity index is 2.39. The summed E-state index contributed by atoms with van der Waals surface area (Å²) in [4.78, 5) is 0. The molecule has 0 spiro atoms.